The average Bonchev–Trinajstić information content (AvgIpc) is 2.85. The predicted octanol–water partition coefficient (Wildman–Crippen LogP) is 5.31. The van der Waals surface area contributed by atoms with Crippen molar-refractivity contribution in [3.05, 3.63) is 81.9 Å². The van der Waals surface area contributed by atoms with E-state index in [1.54, 1.807) is 19.1 Å². The normalized spacial score (nSPS) is 26.2. The highest BCUT2D eigenvalue weighted by atomic mass is 35.5. The molecule has 4 rings (SSSR count). The van der Waals surface area contributed by atoms with E-state index >= 15 is 0 Å². The summed E-state index contributed by atoms with van der Waals surface area (Å²) in [7, 11) is 1.85. The van der Waals surface area contributed by atoms with Crippen LogP contribution in [0, 0.1) is 0 Å². The van der Waals surface area contributed by atoms with E-state index in [9.17, 15) is 14.7 Å². The van der Waals surface area contributed by atoms with E-state index in [4.69, 9.17) is 23.2 Å². The van der Waals surface area contributed by atoms with Crippen molar-refractivity contribution in [2.45, 2.75) is 56.1 Å². The van der Waals surface area contributed by atoms with Gasteiger partial charge in [-0.2, -0.15) is 0 Å². The van der Waals surface area contributed by atoms with E-state index in [0.717, 1.165) is 30.6 Å². The number of hydrogen-bond donors (Lipinski definition) is 1. The minimum Gasteiger partial charge on any atom is -0.388 e. The van der Waals surface area contributed by atoms with Gasteiger partial charge in [0.1, 0.15) is 0 Å². The highest BCUT2D eigenvalue weighted by Crippen LogP contribution is 2.52. The third-order valence-corrected chi connectivity index (χ3v) is 8.93. The van der Waals surface area contributed by atoms with Gasteiger partial charge in [0.25, 0.3) is 0 Å². The van der Waals surface area contributed by atoms with Gasteiger partial charge in [0.15, 0.2) is 5.78 Å². The number of amides is 1. The lowest BCUT2D eigenvalue weighted by atomic mass is 9.55. The first-order chi connectivity index (χ1) is 17.1. The van der Waals surface area contributed by atoms with Crippen LogP contribution >= 0.6 is 23.2 Å². The lowest BCUT2D eigenvalue weighted by molar-refractivity contribution is -0.146. The van der Waals surface area contributed by atoms with Crippen LogP contribution in [0.4, 0.5) is 0 Å². The minimum absolute atomic E-state index is 0.000518. The molecule has 1 N–H and O–H groups in total. The zero-order valence-electron chi connectivity index (χ0n) is 21.0. The average molecular weight is 530 g/mol. The first-order valence-corrected chi connectivity index (χ1v) is 13.2. The lowest BCUT2D eigenvalue weighted by Gasteiger charge is -2.59. The maximum absolute atomic E-state index is 13.3. The molecule has 0 aromatic heterocycles. The van der Waals surface area contributed by atoms with Crippen molar-refractivity contribution in [1.82, 2.24) is 9.80 Å². The highest BCUT2D eigenvalue weighted by Gasteiger charge is 2.58. The molecule has 1 heterocycles. The van der Waals surface area contributed by atoms with E-state index in [2.05, 4.69) is 11.5 Å². The van der Waals surface area contributed by atoms with Gasteiger partial charge in [-0.15, -0.1) is 6.58 Å². The SMILES string of the molecule is C=CCN1CC[C@@]2(c3cccc(C(C)=O)c3)C[C@H](N(C)C(=O)Cc3ccc(Cl)c(Cl)c3)CC[C@]2(O)C1. The van der Waals surface area contributed by atoms with Gasteiger partial charge in [-0.25, -0.2) is 0 Å². The second-order valence-corrected chi connectivity index (χ2v) is 11.2. The molecular weight excluding hydrogens is 495 g/mol. The van der Waals surface area contributed by atoms with Crippen LogP contribution in [0.15, 0.2) is 55.1 Å². The first-order valence-electron chi connectivity index (χ1n) is 12.5. The zero-order valence-corrected chi connectivity index (χ0v) is 22.5. The predicted molar refractivity (Wildman–Crippen MR) is 145 cm³/mol. The number of benzene rings is 2. The van der Waals surface area contributed by atoms with E-state index in [-0.39, 0.29) is 24.2 Å². The summed E-state index contributed by atoms with van der Waals surface area (Å²) in [6.07, 6.45) is 4.75. The summed E-state index contributed by atoms with van der Waals surface area (Å²) in [5.41, 5.74) is 0.912. The molecule has 0 unspecified atom stereocenters. The molecule has 0 radical (unpaired) electrons. The Hall–Kier alpha value is -2.18. The molecule has 3 atom stereocenters. The maximum atomic E-state index is 13.3. The Bertz CT molecular complexity index is 1170. The lowest BCUT2D eigenvalue weighted by Crippen LogP contribution is -2.67. The quantitative estimate of drug-likeness (QED) is 0.390. The van der Waals surface area contributed by atoms with Gasteiger partial charge in [0.2, 0.25) is 5.91 Å². The summed E-state index contributed by atoms with van der Waals surface area (Å²) >= 11 is 12.2. The first kappa shape index (κ1) is 26.9. The summed E-state index contributed by atoms with van der Waals surface area (Å²) in [5.74, 6) is 0.00252. The Morgan fingerprint density at radius 2 is 1.97 bits per heavy atom. The summed E-state index contributed by atoms with van der Waals surface area (Å²) < 4.78 is 0. The minimum atomic E-state index is -0.965. The number of hydrogen-bond acceptors (Lipinski definition) is 4. The Labute approximate surface area is 223 Å². The number of piperidine rings is 1. The van der Waals surface area contributed by atoms with Gasteiger partial charge in [0, 0.05) is 37.2 Å². The fraction of sp³-hybridized carbons (Fsp3) is 0.448. The molecule has 0 bridgehead atoms. The second-order valence-electron chi connectivity index (χ2n) is 10.4. The maximum Gasteiger partial charge on any atom is 0.226 e. The van der Waals surface area contributed by atoms with Gasteiger partial charge in [-0.1, -0.05) is 53.5 Å². The van der Waals surface area contributed by atoms with Crippen LogP contribution in [-0.2, 0) is 16.6 Å². The van der Waals surface area contributed by atoms with Gasteiger partial charge >= 0.3 is 0 Å². The van der Waals surface area contributed by atoms with Gasteiger partial charge in [-0.3, -0.25) is 14.5 Å². The number of fused-ring (bicyclic) bond motifs is 1. The highest BCUT2D eigenvalue weighted by molar-refractivity contribution is 6.42. The number of β-amino-alcohol motifs (C(OH)–C–C–N with tert-alkyl or cyclic N) is 1. The van der Waals surface area contributed by atoms with Gasteiger partial charge in [0.05, 0.1) is 22.1 Å². The molecule has 2 aromatic carbocycles. The second kappa shape index (κ2) is 10.7. The van der Waals surface area contributed by atoms with Crippen molar-refractivity contribution >= 4 is 34.9 Å². The summed E-state index contributed by atoms with van der Waals surface area (Å²) in [4.78, 5) is 29.5. The van der Waals surface area contributed by atoms with Crippen LogP contribution in [0.25, 0.3) is 0 Å². The van der Waals surface area contributed by atoms with Crippen molar-refractivity contribution in [1.29, 1.82) is 0 Å². The van der Waals surface area contributed by atoms with E-state index in [1.807, 2.05) is 48.4 Å². The Morgan fingerprint density at radius 3 is 2.67 bits per heavy atom. The number of likely N-dealkylation sites (tertiary alicyclic amines) is 1. The monoisotopic (exact) mass is 528 g/mol. The molecule has 1 aliphatic heterocycles. The van der Waals surface area contributed by atoms with Crippen molar-refractivity contribution in [2.24, 2.45) is 0 Å². The molecule has 1 aliphatic carbocycles. The third kappa shape index (κ3) is 5.12. The Morgan fingerprint density at radius 1 is 1.19 bits per heavy atom. The number of nitrogens with zero attached hydrogens (tertiary/aromatic N) is 2. The van der Waals surface area contributed by atoms with Gasteiger partial charge in [-0.05, 0) is 68.5 Å². The molecule has 2 aliphatic rings. The number of carbonyl (C=O) groups is 2. The van der Waals surface area contributed by atoms with Crippen LogP contribution in [0.5, 0.6) is 0 Å². The standard InChI is InChI=1S/C29H34Cl2N2O3/c1-4-13-33-14-12-28(23-7-5-6-22(17-23)20(2)34)18-24(10-11-29(28,36)19-33)32(3)27(35)16-21-8-9-25(30)26(31)15-21/h4-9,15,17,24,36H,1,10-14,16,18-19H2,2-3H3/t24-,28+,29+/m1/s1. The molecule has 1 amide bonds. The number of aliphatic hydroxyl groups is 1. The smallest absolute Gasteiger partial charge is 0.226 e. The molecule has 1 saturated carbocycles. The van der Waals surface area contributed by atoms with Crippen molar-refractivity contribution in [2.75, 3.05) is 26.7 Å². The van der Waals surface area contributed by atoms with Gasteiger partial charge < -0.3 is 10.0 Å². The van der Waals surface area contributed by atoms with Crippen LogP contribution in [0.3, 0.4) is 0 Å². The fourth-order valence-corrected chi connectivity index (χ4v) is 6.41. The molecule has 7 heteroatoms. The number of likely N-dealkylation sites (N-methyl/N-ethyl adjacent to an activating group) is 1. The van der Waals surface area contributed by atoms with Crippen molar-refractivity contribution < 1.29 is 14.7 Å². The molecule has 2 aromatic rings. The third-order valence-electron chi connectivity index (χ3n) is 8.20. The van der Waals surface area contributed by atoms with Crippen LogP contribution < -0.4 is 0 Å². The summed E-state index contributed by atoms with van der Waals surface area (Å²) in [6, 6.07) is 12.9. The summed E-state index contributed by atoms with van der Waals surface area (Å²) in [6.45, 7) is 7.50. The topological polar surface area (TPSA) is 60.9 Å². The number of ketones is 1. The molecule has 0 spiro atoms. The van der Waals surface area contributed by atoms with Crippen LogP contribution in [0.2, 0.25) is 10.0 Å². The van der Waals surface area contributed by atoms with E-state index in [1.165, 1.54) is 0 Å². The van der Waals surface area contributed by atoms with Crippen molar-refractivity contribution in [3.8, 4) is 0 Å². The van der Waals surface area contributed by atoms with E-state index < -0.39 is 11.0 Å². The number of Topliss-reactive ketones (excluding diaryl/α,β-unsaturated/α-hetero) is 1. The molecule has 2 fully saturated rings. The summed E-state index contributed by atoms with van der Waals surface area (Å²) in [5, 5.41) is 13.1. The number of carbonyl (C=O) groups excluding carboxylic acids is 2. The van der Waals surface area contributed by atoms with Crippen molar-refractivity contribution in [3.63, 3.8) is 0 Å². The van der Waals surface area contributed by atoms with Crippen LogP contribution in [0.1, 0.15) is 54.1 Å². The van der Waals surface area contributed by atoms with Crippen LogP contribution in [-0.4, -0.2) is 64.9 Å². The number of rotatable bonds is 7. The molecule has 5 nitrogen and oxygen atoms in total. The Kier molecular flexibility index (Phi) is 7.96. The largest absolute Gasteiger partial charge is 0.388 e. The molecule has 1 saturated heterocycles. The molecule has 192 valence electrons. The zero-order chi connectivity index (χ0) is 26.1. The molecule has 36 heavy (non-hydrogen) atoms. The Balaban J connectivity index is 1.64. The number of halogens is 2. The molecular formula is C29H34Cl2N2O3. The van der Waals surface area contributed by atoms with E-state index in [0.29, 0.717) is 41.4 Å². The fourth-order valence-electron chi connectivity index (χ4n) is 6.09.